The number of nitrogens with zero attached hydrogens (tertiary/aromatic N) is 5. The van der Waals surface area contributed by atoms with Crippen molar-refractivity contribution in [2.75, 3.05) is 0 Å². The lowest BCUT2D eigenvalue weighted by Gasteiger charge is -2.07. The second kappa shape index (κ2) is 6.09. The first-order valence-corrected chi connectivity index (χ1v) is 8.70. The van der Waals surface area contributed by atoms with Crippen LogP contribution in [-0.2, 0) is 0 Å². The Kier molecular flexibility index (Phi) is 3.55. The third-order valence-electron chi connectivity index (χ3n) is 4.72. The predicted octanol–water partition coefficient (Wildman–Crippen LogP) is 3.54. The quantitative estimate of drug-likeness (QED) is 0.476. The van der Waals surface area contributed by atoms with E-state index in [-0.39, 0.29) is 11.4 Å². The molecule has 5 rings (SSSR count). The van der Waals surface area contributed by atoms with Crippen molar-refractivity contribution < 1.29 is 4.39 Å². The Hall–Kier alpha value is -3.87. The van der Waals surface area contributed by atoms with E-state index in [1.807, 2.05) is 19.1 Å². The molecule has 0 spiro atoms. The molecule has 5 aromatic rings. The second-order valence-electron chi connectivity index (χ2n) is 6.44. The molecule has 6 nitrogen and oxygen atoms in total. The van der Waals surface area contributed by atoms with Crippen LogP contribution in [0.5, 0.6) is 0 Å². The van der Waals surface area contributed by atoms with E-state index in [4.69, 9.17) is 0 Å². The molecular weight excluding hydrogens is 357 g/mol. The summed E-state index contributed by atoms with van der Waals surface area (Å²) in [4.78, 5) is 21.7. The second-order valence-corrected chi connectivity index (χ2v) is 6.44. The Bertz CT molecular complexity index is 1390. The van der Waals surface area contributed by atoms with E-state index in [1.54, 1.807) is 47.4 Å². The number of hydrogen-bond donors (Lipinski definition) is 0. The van der Waals surface area contributed by atoms with Crippen molar-refractivity contribution in [1.82, 2.24) is 24.1 Å². The van der Waals surface area contributed by atoms with E-state index in [2.05, 4.69) is 15.1 Å². The summed E-state index contributed by atoms with van der Waals surface area (Å²) in [5.74, 6) is 0.240. The molecule has 0 N–H and O–H groups in total. The molecule has 0 saturated carbocycles. The van der Waals surface area contributed by atoms with Crippen LogP contribution in [0.15, 0.2) is 71.9 Å². The summed E-state index contributed by atoms with van der Waals surface area (Å²) >= 11 is 0. The standard InChI is InChI=1S/C21H14FN5O/c1-13-19(14-5-7-15(22)8-6-14)20-24-12-16-17(27(20)25-13)9-11-26(21(16)28)18-4-2-3-10-23-18/h2-12H,1H3. The summed E-state index contributed by atoms with van der Waals surface area (Å²) in [5.41, 5.74) is 3.44. The molecule has 0 fully saturated rings. The highest BCUT2D eigenvalue weighted by molar-refractivity contribution is 5.86. The molecule has 0 unspecified atom stereocenters. The molecule has 7 heteroatoms. The minimum absolute atomic E-state index is 0.220. The molecule has 0 atom stereocenters. The largest absolute Gasteiger partial charge is 0.268 e. The summed E-state index contributed by atoms with van der Waals surface area (Å²) in [5, 5.41) is 5.02. The number of aryl methyl sites for hydroxylation is 1. The van der Waals surface area contributed by atoms with Gasteiger partial charge < -0.3 is 0 Å². The van der Waals surface area contributed by atoms with Gasteiger partial charge in [-0.3, -0.25) is 9.36 Å². The zero-order valence-electron chi connectivity index (χ0n) is 14.9. The SMILES string of the molecule is Cc1nn2c(ncc3c(=O)n(-c4ccccn4)ccc32)c1-c1ccc(F)cc1. The minimum atomic E-state index is -0.300. The van der Waals surface area contributed by atoms with Crippen LogP contribution in [0.4, 0.5) is 4.39 Å². The van der Waals surface area contributed by atoms with Gasteiger partial charge in [0.25, 0.3) is 5.56 Å². The van der Waals surface area contributed by atoms with Crippen molar-refractivity contribution in [3.05, 3.63) is 89.0 Å². The minimum Gasteiger partial charge on any atom is -0.268 e. The maximum absolute atomic E-state index is 13.3. The highest BCUT2D eigenvalue weighted by atomic mass is 19.1. The van der Waals surface area contributed by atoms with Crippen molar-refractivity contribution >= 4 is 16.6 Å². The van der Waals surface area contributed by atoms with Crippen molar-refractivity contribution in [3.8, 4) is 16.9 Å². The predicted molar refractivity (Wildman–Crippen MR) is 104 cm³/mol. The first-order valence-electron chi connectivity index (χ1n) is 8.70. The number of aromatic nitrogens is 5. The summed E-state index contributed by atoms with van der Waals surface area (Å²) in [6.07, 6.45) is 4.88. The van der Waals surface area contributed by atoms with E-state index in [9.17, 15) is 9.18 Å². The zero-order chi connectivity index (χ0) is 19.3. The van der Waals surface area contributed by atoms with Crippen LogP contribution in [-0.4, -0.2) is 24.1 Å². The van der Waals surface area contributed by atoms with Gasteiger partial charge in [0.1, 0.15) is 11.6 Å². The Morgan fingerprint density at radius 3 is 2.57 bits per heavy atom. The Balaban J connectivity index is 1.78. The van der Waals surface area contributed by atoms with Crippen LogP contribution >= 0.6 is 0 Å². The molecule has 136 valence electrons. The van der Waals surface area contributed by atoms with Gasteiger partial charge in [0.15, 0.2) is 5.65 Å². The van der Waals surface area contributed by atoms with E-state index < -0.39 is 0 Å². The number of rotatable bonds is 2. The molecule has 0 aliphatic heterocycles. The molecule has 0 amide bonds. The number of halogens is 1. The van der Waals surface area contributed by atoms with Gasteiger partial charge in [0.2, 0.25) is 0 Å². The van der Waals surface area contributed by atoms with Crippen LogP contribution in [0.25, 0.3) is 33.5 Å². The fourth-order valence-electron chi connectivity index (χ4n) is 3.41. The summed E-state index contributed by atoms with van der Waals surface area (Å²) < 4.78 is 16.4. The van der Waals surface area contributed by atoms with Crippen LogP contribution in [0.3, 0.4) is 0 Å². The average molecular weight is 371 g/mol. The van der Waals surface area contributed by atoms with Gasteiger partial charge in [0, 0.05) is 24.2 Å². The van der Waals surface area contributed by atoms with E-state index in [0.29, 0.717) is 22.4 Å². The lowest BCUT2D eigenvalue weighted by atomic mass is 10.1. The van der Waals surface area contributed by atoms with Gasteiger partial charge in [-0.05, 0) is 42.8 Å². The normalized spacial score (nSPS) is 11.4. The molecular formula is C21H14FN5O. The monoisotopic (exact) mass is 371 g/mol. The van der Waals surface area contributed by atoms with Gasteiger partial charge in [-0.2, -0.15) is 5.10 Å². The van der Waals surface area contributed by atoms with Crippen LogP contribution in [0.1, 0.15) is 5.69 Å². The fourth-order valence-corrected chi connectivity index (χ4v) is 3.41. The highest BCUT2D eigenvalue weighted by Crippen LogP contribution is 2.28. The Morgan fingerprint density at radius 1 is 1.00 bits per heavy atom. The first kappa shape index (κ1) is 16.3. The van der Waals surface area contributed by atoms with Crippen molar-refractivity contribution in [1.29, 1.82) is 0 Å². The topological polar surface area (TPSA) is 65.1 Å². The van der Waals surface area contributed by atoms with Crippen LogP contribution in [0.2, 0.25) is 0 Å². The Morgan fingerprint density at radius 2 is 1.82 bits per heavy atom. The van der Waals surface area contributed by atoms with Crippen LogP contribution in [0, 0.1) is 12.7 Å². The molecule has 0 aliphatic rings. The van der Waals surface area contributed by atoms with E-state index in [1.165, 1.54) is 16.7 Å². The summed E-state index contributed by atoms with van der Waals surface area (Å²) in [6.45, 7) is 1.87. The van der Waals surface area contributed by atoms with Gasteiger partial charge in [-0.1, -0.05) is 18.2 Å². The van der Waals surface area contributed by atoms with E-state index in [0.717, 1.165) is 16.8 Å². The third-order valence-corrected chi connectivity index (χ3v) is 4.72. The molecule has 0 bridgehead atoms. The highest BCUT2D eigenvalue weighted by Gasteiger charge is 2.16. The molecule has 28 heavy (non-hydrogen) atoms. The lowest BCUT2D eigenvalue weighted by molar-refractivity contribution is 0.628. The summed E-state index contributed by atoms with van der Waals surface area (Å²) in [7, 11) is 0. The molecule has 0 aliphatic carbocycles. The smallest absolute Gasteiger partial charge is 0.267 e. The maximum atomic E-state index is 13.3. The lowest BCUT2D eigenvalue weighted by Crippen LogP contribution is -2.19. The molecule has 1 aromatic carbocycles. The van der Waals surface area contributed by atoms with Gasteiger partial charge >= 0.3 is 0 Å². The first-order chi connectivity index (χ1) is 13.6. The molecule has 0 saturated heterocycles. The third kappa shape index (κ3) is 2.40. The number of fused-ring (bicyclic) bond motifs is 3. The van der Waals surface area contributed by atoms with Crippen molar-refractivity contribution in [2.24, 2.45) is 0 Å². The number of hydrogen-bond acceptors (Lipinski definition) is 4. The zero-order valence-corrected chi connectivity index (χ0v) is 14.9. The van der Waals surface area contributed by atoms with Crippen LogP contribution < -0.4 is 5.56 Å². The van der Waals surface area contributed by atoms with Gasteiger partial charge in [0.05, 0.1) is 16.6 Å². The molecule has 4 aromatic heterocycles. The Labute approximate surface area is 158 Å². The summed E-state index contributed by atoms with van der Waals surface area (Å²) in [6, 6.07) is 13.4. The van der Waals surface area contributed by atoms with E-state index >= 15 is 0 Å². The number of pyridine rings is 2. The van der Waals surface area contributed by atoms with Crippen molar-refractivity contribution in [3.63, 3.8) is 0 Å². The van der Waals surface area contributed by atoms with Gasteiger partial charge in [-0.25, -0.2) is 18.9 Å². The van der Waals surface area contributed by atoms with Crippen molar-refractivity contribution in [2.45, 2.75) is 6.92 Å². The molecule has 0 radical (unpaired) electrons. The van der Waals surface area contributed by atoms with Gasteiger partial charge in [-0.15, -0.1) is 0 Å². The maximum Gasteiger partial charge on any atom is 0.267 e. The number of benzene rings is 1. The fraction of sp³-hybridized carbons (Fsp3) is 0.0476. The average Bonchev–Trinajstić information content (AvgIpc) is 3.06. The molecule has 4 heterocycles.